The fourth-order valence-electron chi connectivity index (χ4n) is 1.79. The third kappa shape index (κ3) is 1.71. The molecule has 0 radical (unpaired) electrons. The van der Waals surface area contributed by atoms with Crippen LogP contribution in [0, 0.1) is 0 Å². The van der Waals surface area contributed by atoms with Gasteiger partial charge in [0.25, 0.3) is 0 Å². The Hall–Kier alpha value is 0.394. The molecule has 0 aliphatic heterocycles. The molecule has 0 saturated heterocycles. The molecule has 1 rings (SSSR count). The second kappa shape index (κ2) is 3.19. The molecule has 1 aliphatic carbocycles. The Morgan fingerprint density at radius 3 is 2.20 bits per heavy atom. The van der Waals surface area contributed by atoms with Crippen LogP contribution in [-0.4, -0.2) is 18.8 Å². The van der Waals surface area contributed by atoms with Gasteiger partial charge in [0.15, 0.2) is 8.32 Å². The molecular formula is C7H18OSi2. The van der Waals surface area contributed by atoms with Crippen LogP contribution in [0.3, 0.4) is 0 Å². The van der Waals surface area contributed by atoms with Crippen molar-refractivity contribution in [3.8, 4) is 0 Å². The molecule has 0 spiro atoms. The highest BCUT2D eigenvalue weighted by molar-refractivity contribution is 6.75. The van der Waals surface area contributed by atoms with E-state index >= 15 is 0 Å². The van der Waals surface area contributed by atoms with Gasteiger partial charge in [-0.1, -0.05) is 25.7 Å². The molecule has 3 heteroatoms. The Bertz CT molecular complexity index is 108. The maximum Gasteiger partial charge on any atom is 0.175 e. The Morgan fingerprint density at radius 1 is 1.30 bits per heavy atom. The van der Waals surface area contributed by atoms with E-state index in [2.05, 4.69) is 13.1 Å². The molecule has 0 aromatic rings. The predicted molar refractivity (Wildman–Crippen MR) is 50.7 cm³/mol. The monoisotopic (exact) mass is 174 g/mol. The summed E-state index contributed by atoms with van der Waals surface area (Å²) >= 11 is 0. The van der Waals surface area contributed by atoms with Crippen molar-refractivity contribution in [2.75, 3.05) is 0 Å². The van der Waals surface area contributed by atoms with Gasteiger partial charge in [0.05, 0.1) is 0 Å². The van der Waals surface area contributed by atoms with Crippen LogP contribution in [0.5, 0.6) is 0 Å². The first-order valence-electron chi connectivity index (χ1n) is 4.22. The first kappa shape index (κ1) is 8.49. The van der Waals surface area contributed by atoms with E-state index in [4.69, 9.17) is 4.12 Å². The van der Waals surface area contributed by atoms with Crippen molar-refractivity contribution >= 4 is 18.8 Å². The van der Waals surface area contributed by atoms with Gasteiger partial charge in [-0.25, -0.2) is 0 Å². The molecule has 10 heavy (non-hydrogen) atoms. The smallest absolute Gasteiger partial charge is 0.175 e. The van der Waals surface area contributed by atoms with E-state index in [0.717, 1.165) is 16.0 Å². The Kier molecular flexibility index (Phi) is 2.71. The van der Waals surface area contributed by atoms with Crippen LogP contribution in [0.1, 0.15) is 25.7 Å². The predicted octanol–water partition coefficient (Wildman–Crippen LogP) is 1.43. The van der Waals surface area contributed by atoms with E-state index < -0.39 is 8.32 Å². The maximum absolute atomic E-state index is 5.70. The zero-order valence-electron chi connectivity index (χ0n) is 7.31. The van der Waals surface area contributed by atoms with Crippen LogP contribution < -0.4 is 0 Å². The molecule has 0 N–H and O–H groups in total. The summed E-state index contributed by atoms with van der Waals surface area (Å²) in [6.07, 6.45) is 5.79. The Labute approximate surface area is 67.8 Å². The molecule has 0 amide bonds. The molecule has 1 aliphatic rings. The van der Waals surface area contributed by atoms with Gasteiger partial charge in [-0.2, -0.15) is 0 Å². The third-order valence-electron chi connectivity index (χ3n) is 2.86. The van der Waals surface area contributed by atoms with E-state index in [0.29, 0.717) is 0 Å². The number of hydrogen-bond donors (Lipinski definition) is 0. The number of hydrogen-bond acceptors (Lipinski definition) is 1. The second-order valence-electron chi connectivity index (χ2n) is 3.79. The SMILES string of the molecule is C[Si](C)(O[SiH3])C1CCCC1. The van der Waals surface area contributed by atoms with Gasteiger partial charge in [-0.15, -0.1) is 0 Å². The maximum atomic E-state index is 5.70. The van der Waals surface area contributed by atoms with E-state index in [1.807, 2.05) is 0 Å². The molecule has 0 bridgehead atoms. The van der Waals surface area contributed by atoms with E-state index in [1.165, 1.54) is 25.7 Å². The molecule has 1 saturated carbocycles. The van der Waals surface area contributed by atoms with Crippen LogP contribution in [-0.2, 0) is 4.12 Å². The molecule has 1 fully saturated rings. The first-order chi connectivity index (χ1) is 4.67. The minimum absolute atomic E-state index is 0.944. The summed E-state index contributed by atoms with van der Waals surface area (Å²) < 4.78 is 5.70. The highest BCUT2D eigenvalue weighted by Crippen LogP contribution is 2.38. The van der Waals surface area contributed by atoms with Crippen molar-refractivity contribution < 1.29 is 4.12 Å². The summed E-state index contributed by atoms with van der Waals surface area (Å²) in [6.45, 7) is 4.74. The van der Waals surface area contributed by atoms with Crippen LogP contribution in [0.2, 0.25) is 18.6 Å². The topological polar surface area (TPSA) is 9.23 Å². The van der Waals surface area contributed by atoms with Crippen LogP contribution in [0.4, 0.5) is 0 Å². The second-order valence-corrected chi connectivity index (χ2v) is 9.45. The van der Waals surface area contributed by atoms with Crippen molar-refractivity contribution in [2.45, 2.75) is 44.3 Å². The highest BCUT2D eigenvalue weighted by Gasteiger charge is 2.33. The van der Waals surface area contributed by atoms with Crippen molar-refractivity contribution in [2.24, 2.45) is 0 Å². The number of rotatable bonds is 2. The summed E-state index contributed by atoms with van der Waals surface area (Å²) in [5, 5.41) is 0. The van der Waals surface area contributed by atoms with Gasteiger partial charge < -0.3 is 4.12 Å². The lowest BCUT2D eigenvalue weighted by molar-refractivity contribution is 0.570. The average molecular weight is 174 g/mol. The van der Waals surface area contributed by atoms with Gasteiger partial charge in [0.1, 0.15) is 10.5 Å². The fourth-order valence-corrected chi connectivity index (χ4v) is 4.92. The molecule has 0 aromatic carbocycles. The van der Waals surface area contributed by atoms with Crippen LogP contribution in [0.25, 0.3) is 0 Å². The van der Waals surface area contributed by atoms with Gasteiger partial charge in [0, 0.05) is 0 Å². The Morgan fingerprint density at radius 2 is 1.80 bits per heavy atom. The van der Waals surface area contributed by atoms with Gasteiger partial charge in [0.2, 0.25) is 0 Å². The summed E-state index contributed by atoms with van der Waals surface area (Å²) in [5.74, 6) is 0. The quantitative estimate of drug-likeness (QED) is 0.576. The van der Waals surface area contributed by atoms with Crippen molar-refractivity contribution in [1.82, 2.24) is 0 Å². The normalized spacial score (nSPS) is 22.2. The first-order valence-corrected chi connectivity index (χ1v) is 8.02. The standard InChI is InChI=1S/C7H18OSi2/c1-10(2,8-9)7-5-3-4-6-7/h7H,3-6H2,1-2,9H3. The molecular weight excluding hydrogens is 156 g/mol. The zero-order valence-corrected chi connectivity index (χ0v) is 10.3. The summed E-state index contributed by atoms with van der Waals surface area (Å²) in [6, 6.07) is 0. The minimum Gasteiger partial charge on any atom is -0.463 e. The van der Waals surface area contributed by atoms with Gasteiger partial charge in [-0.05, 0) is 18.6 Å². The summed E-state index contributed by atoms with van der Waals surface area (Å²) in [4.78, 5) is 0. The van der Waals surface area contributed by atoms with E-state index in [1.54, 1.807) is 0 Å². The largest absolute Gasteiger partial charge is 0.463 e. The highest BCUT2D eigenvalue weighted by atomic mass is 28.4. The van der Waals surface area contributed by atoms with Crippen LogP contribution in [0.15, 0.2) is 0 Å². The molecule has 0 unspecified atom stereocenters. The van der Waals surface area contributed by atoms with Gasteiger partial charge in [-0.3, -0.25) is 0 Å². The lowest BCUT2D eigenvalue weighted by Crippen LogP contribution is -2.34. The minimum atomic E-state index is -1.18. The lowest BCUT2D eigenvalue weighted by atomic mass is 10.4. The molecule has 0 atom stereocenters. The van der Waals surface area contributed by atoms with E-state index in [9.17, 15) is 0 Å². The van der Waals surface area contributed by atoms with Gasteiger partial charge >= 0.3 is 0 Å². The van der Waals surface area contributed by atoms with Crippen molar-refractivity contribution in [1.29, 1.82) is 0 Å². The molecule has 1 nitrogen and oxygen atoms in total. The summed E-state index contributed by atoms with van der Waals surface area (Å²) in [7, 11) is -0.239. The third-order valence-corrected chi connectivity index (χ3v) is 9.62. The average Bonchev–Trinajstić information content (AvgIpc) is 2.38. The summed E-state index contributed by atoms with van der Waals surface area (Å²) in [5.41, 5.74) is 0.977. The van der Waals surface area contributed by atoms with Crippen molar-refractivity contribution in [3.63, 3.8) is 0 Å². The molecule has 0 heterocycles. The van der Waals surface area contributed by atoms with Crippen LogP contribution >= 0.6 is 0 Å². The zero-order chi connectivity index (χ0) is 7.61. The molecule has 0 aromatic heterocycles. The fraction of sp³-hybridized carbons (Fsp3) is 1.00. The molecule has 60 valence electrons. The Balaban J connectivity index is 2.45. The van der Waals surface area contributed by atoms with E-state index in [-0.39, 0.29) is 0 Å². The lowest BCUT2D eigenvalue weighted by Gasteiger charge is -2.27. The van der Waals surface area contributed by atoms with Crippen molar-refractivity contribution in [3.05, 3.63) is 0 Å².